The van der Waals surface area contributed by atoms with Crippen molar-refractivity contribution < 1.29 is 17.6 Å². The molecular formula is C28H19Cl3F4N2. The van der Waals surface area contributed by atoms with Gasteiger partial charge in [0.25, 0.3) is 0 Å². The Morgan fingerprint density at radius 1 is 0.622 bits per heavy atom. The molecule has 0 amide bonds. The lowest BCUT2D eigenvalue weighted by Gasteiger charge is -2.14. The number of benzene rings is 3. The minimum atomic E-state index is -0.734. The van der Waals surface area contributed by atoms with E-state index in [0.29, 0.717) is 16.8 Å². The molecule has 0 aliphatic heterocycles. The average Bonchev–Trinajstić information content (AvgIpc) is 2.81. The van der Waals surface area contributed by atoms with Gasteiger partial charge in [-0.15, -0.1) is 0 Å². The molecule has 0 N–H and O–H groups in total. The highest BCUT2D eigenvalue weighted by Gasteiger charge is 2.18. The number of aromatic nitrogens is 2. The molecule has 0 aliphatic carbocycles. The van der Waals surface area contributed by atoms with E-state index in [4.69, 9.17) is 34.8 Å². The Hall–Kier alpha value is -2.93. The van der Waals surface area contributed by atoms with Crippen molar-refractivity contribution in [1.82, 2.24) is 9.97 Å². The second-order valence-corrected chi connectivity index (χ2v) is 9.67. The van der Waals surface area contributed by atoms with Crippen molar-refractivity contribution in [3.63, 3.8) is 0 Å². The molecule has 0 unspecified atom stereocenters. The molecule has 5 aromatic rings. The maximum absolute atomic E-state index is 14.0. The maximum Gasteiger partial charge on any atom is 0.137 e. The van der Waals surface area contributed by atoms with E-state index in [1.54, 1.807) is 13.8 Å². The Morgan fingerprint density at radius 3 is 1.70 bits per heavy atom. The largest absolute Gasteiger partial charge is 0.247 e. The third-order valence-electron chi connectivity index (χ3n) is 6.14. The maximum atomic E-state index is 14.0. The van der Waals surface area contributed by atoms with Crippen LogP contribution in [0.2, 0.25) is 15.2 Å². The highest BCUT2D eigenvalue weighted by Crippen LogP contribution is 2.36. The molecule has 2 heterocycles. The van der Waals surface area contributed by atoms with E-state index in [1.165, 1.54) is 6.07 Å². The summed E-state index contributed by atoms with van der Waals surface area (Å²) in [4.78, 5) is 8.32. The van der Waals surface area contributed by atoms with Crippen molar-refractivity contribution in [1.29, 1.82) is 0 Å². The van der Waals surface area contributed by atoms with Crippen molar-refractivity contribution in [2.45, 2.75) is 27.7 Å². The SMILES string of the molecule is Cc1c(Cl)nc2cc(F)cc(F)c2c1Cl.Cc1cccc(-c2nc3cc(F)cc(F)c3c(Cl)c2C)c1C. The smallest absolute Gasteiger partial charge is 0.137 e. The van der Waals surface area contributed by atoms with Crippen LogP contribution in [-0.2, 0) is 0 Å². The number of rotatable bonds is 1. The fraction of sp³-hybridized carbons (Fsp3) is 0.143. The van der Waals surface area contributed by atoms with Gasteiger partial charge in [-0.25, -0.2) is 27.5 Å². The molecule has 190 valence electrons. The van der Waals surface area contributed by atoms with E-state index < -0.39 is 23.3 Å². The van der Waals surface area contributed by atoms with E-state index in [-0.39, 0.29) is 37.0 Å². The summed E-state index contributed by atoms with van der Waals surface area (Å²) in [5.41, 5.74) is 5.29. The predicted octanol–water partition coefficient (Wildman–Crippen LogP) is 9.89. The van der Waals surface area contributed by atoms with Crippen LogP contribution in [-0.4, -0.2) is 9.97 Å². The lowest BCUT2D eigenvalue weighted by Crippen LogP contribution is -1.97. The quantitative estimate of drug-likeness (QED) is 0.149. The van der Waals surface area contributed by atoms with E-state index in [1.807, 2.05) is 32.0 Å². The number of fused-ring (bicyclic) bond motifs is 2. The Balaban J connectivity index is 0.000000186. The molecule has 9 heteroatoms. The first kappa shape index (κ1) is 27.1. The Kier molecular flexibility index (Phi) is 7.65. The van der Waals surface area contributed by atoms with Crippen molar-refractivity contribution in [2.24, 2.45) is 0 Å². The van der Waals surface area contributed by atoms with E-state index >= 15 is 0 Å². The molecule has 5 rings (SSSR count). The first-order valence-corrected chi connectivity index (χ1v) is 12.2. The molecule has 0 aliphatic rings. The van der Waals surface area contributed by atoms with Gasteiger partial charge in [-0.1, -0.05) is 53.0 Å². The van der Waals surface area contributed by atoms with Gasteiger partial charge in [-0.3, -0.25) is 0 Å². The standard InChI is InChI=1S/C18H14ClF2N.C10H5Cl2F2N/c1-9-5-4-6-13(10(9)2)18-11(3)17(19)16-14(21)7-12(20)8-15(16)22-18;1-4-9(11)8-6(14)2-5(13)3-7(8)15-10(4)12/h4-8H,1-3H3;2-3H,1H3. The predicted molar refractivity (Wildman–Crippen MR) is 143 cm³/mol. The van der Waals surface area contributed by atoms with Crippen LogP contribution in [0.1, 0.15) is 22.3 Å². The number of aryl methyl sites for hydroxylation is 1. The topological polar surface area (TPSA) is 25.8 Å². The Bertz CT molecular complexity index is 1700. The molecule has 0 saturated carbocycles. The zero-order valence-corrected chi connectivity index (χ0v) is 22.3. The summed E-state index contributed by atoms with van der Waals surface area (Å²) in [5.74, 6) is -2.79. The third-order valence-corrected chi connectivity index (χ3v) is 7.45. The van der Waals surface area contributed by atoms with Gasteiger partial charge in [0, 0.05) is 35.4 Å². The summed E-state index contributed by atoms with van der Waals surface area (Å²) in [5, 5.41) is 0.855. The molecular weight excluding hydrogens is 547 g/mol. The van der Waals surface area contributed by atoms with Crippen LogP contribution in [0.4, 0.5) is 17.6 Å². The minimum Gasteiger partial charge on any atom is -0.247 e. The van der Waals surface area contributed by atoms with Gasteiger partial charge in [0.05, 0.1) is 37.5 Å². The molecule has 0 spiro atoms. The summed E-state index contributed by atoms with van der Waals surface area (Å²) in [6.07, 6.45) is 0. The number of nitrogens with zero attached hydrogens (tertiary/aromatic N) is 2. The Morgan fingerprint density at radius 2 is 1.14 bits per heavy atom. The van der Waals surface area contributed by atoms with Crippen LogP contribution >= 0.6 is 34.8 Å². The summed E-state index contributed by atoms with van der Waals surface area (Å²) in [6.45, 7) is 7.43. The van der Waals surface area contributed by atoms with Crippen LogP contribution < -0.4 is 0 Å². The van der Waals surface area contributed by atoms with Crippen LogP contribution in [0.5, 0.6) is 0 Å². The first-order chi connectivity index (χ1) is 17.4. The van der Waals surface area contributed by atoms with Gasteiger partial charge in [-0.05, 0) is 44.4 Å². The number of pyridine rings is 2. The zero-order valence-electron chi connectivity index (χ0n) is 20.1. The van der Waals surface area contributed by atoms with E-state index in [2.05, 4.69) is 9.97 Å². The fourth-order valence-corrected chi connectivity index (χ4v) is 4.75. The van der Waals surface area contributed by atoms with Gasteiger partial charge in [0.15, 0.2) is 0 Å². The second kappa shape index (κ2) is 10.4. The molecule has 2 aromatic heterocycles. The third kappa shape index (κ3) is 5.11. The lowest BCUT2D eigenvalue weighted by atomic mass is 9.97. The van der Waals surface area contributed by atoms with Crippen molar-refractivity contribution in [2.75, 3.05) is 0 Å². The molecule has 0 bridgehead atoms. The van der Waals surface area contributed by atoms with Crippen LogP contribution in [0.25, 0.3) is 33.1 Å². The highest BCUT2D eigenvalue weighted by atomic mass is 35.5. The Labute approximate surface area is 225 Å². The lowest BCUT2D eigenvalue weighted by molar-refractivity contribution is 0.590. The average molecular weight is 566 g/mol. The van der Waals surface area contributed by atoms with Crippen molar-refractivity contribution >= 4 is 56.6 Å². The van der Waals surface area contributed by atoms with E-state index in [0.717, 1.165) is 34.9 Å². The number of hydrogen-bond acceptors (Lipinski definition) is 2. The summed E-state index contributed by atoms with van der Waals surface area (Å²) in [7, 11) is 0. The zero-order chi connectivity index (χ0) is 27.2. The summed E-state index contributed by atoms with van der Waals surface area (Å²) < 4.78 is 53.8. The van der Waals surface area contributed by atoms with Crippen molar-refractivity contribution in [3.05, 3.63) is 103 Å². The van der Waals surface area contributed by atoms with Gasteiger partial charge in [0.2, 0.25) is 0 Å². The second-order valence-electron chi connectivity index (χ2n) is 8.55. The number of hydrogen-bond donors (Lipinski definition) is 0. The molecule has 2 nitrogen and oxygen atoms in total. The monoisotopic (exact) mass is 564 g/mol. The molecule has 3 aromatic carbocycles. The fourth-order valence-electron chi connectivity index (χ4n) is 3.96. The van der Waals surface area contributed by atoms with Gasteiger partial charge in [-0.2, -0.15) is 0 Å². The first-order valence-electron chi connectivity index (χ1n) is 11.0. The van der Waals surface area contributed by atoms with Gasteiger partial charge >= 0.3 is 0 Å². The van der Waals surface area contributed by atoms with Gasteiger partial charge in [0.1, 0.15) is 28.4 Å². The summed E-state index contributed by atoms with van der Waals surface area (Å²) >= 11 is 18.0. The molecule has 0 saturated heterocycles. The molecule has 0 fully saturated rings. The van der Waals surface area contributed by atoms with E-state index in [9.17, 15) is 17.6 Å². The van der Waals surface area contributed by atoms with Crippen LogP contribution in [0.3, 0.4) is 0 Å². The normalized spacial score (nSPS) is 11.1. The summed E-state index contributed by atoms with van der Waals surface area (Å²) in [6, 6.07) is 9.78. The minimum absolute atomic E-state index is 0.0972. The van der Waals surface area contributed by atoms with Crippen molar-refractivity contribution in [3.8, 4) is 11.3 Å². The number of halogens is 7. The molecule has 37 heavy (non-hydrogen) atoms. The van der Waals surface area contributed by atoms with Gasteiger partial charge < -0.3 is 0 Å². The van der Waals surface area contributed by atoms with Crippen LogP contribution in [0, 0.1) is 51.0 Å². The molecule has 0 radical (unpaired) electrons. The molecule has 0 atom stereocenters. The highest BCUT2D eigenvalue weighted by molar-refractivity contribution is 6.39. The van der Waals surface area contributed by atoms with Crippen LogP contribution in [0.15, 0.2) is 42.5 Å².